The van der Waals surface area contributed by atoms with Gasteiger partial charge in [0, 0.05) is 25.2 Å². The van der Waals surface area contributed by atoms with E-state index in [1.807, 2.05) is 7.05 Å². The molecule has 4 nitrogen and oxygen atoms in total. The second kappa shape index (κ2) is 9.35. The molecule has 3 atom stereocenters. The van der Waals surface area contributed by atoms with Crippen LogP contribution in [0.1, 0.15) is 44.7 Å². The van der Waals surface area contributed by atoms with Crippen molar-refractivity contribution in [1.82, 2.24) is 10.6 Å². The van der Waals surface area contributed by atoms with Crippen molar-refractivity contribution in [1.29, 1.82) is 0 Å². The van der Waals surface area contributed by atoms with Gasteiger partial charge in [-0.2, -0.15) is 0 Å². The summed E-state index contributed by atoms with van der Waals surface area (Å²) in [7, 11) is 1.81. The van der Waals surface area contributed by atoms with E-state index in [4.69, 9.17) is 4.74 Å². The first kappa shape index (κ1) is 20.1. The van der Waals surface area contributed by atoms with Crippen molar-refractivity contribution in [2.75, 3.05) is 7.05 Å². The smallest absolute Gasteiger partial charge is 0.191 e. The van der Waals surface area contributed by atoms with Crippen LogP contribution in [0, 0.1) is 12.8 Å². The Morgan fingerprint density at radius 1 is 1.43 bits per heavy atom. The lowest BCUT2D eigenvalue weighted by molar-refractivity contribution is 0.215. The van der Waals surface area contributed by atoms with Gasteiger partial charge in [0.2, 0.25) is 0 Å². The fourth-order valence-electron chi connectivity index (χ4n) is 2.29. The third-order valence-electron chi connectivity index (χ3n) is 4.23. The summed E-state index contributed by atoms with van der Waals surface area (Å²) < 4.78 is 6.05. The molecule has 0 bridgehead atoms. The van der Waals surface area contributed by atoms with Gasteiger partial charge in [0.1, 0.15) is 5.75 Å². The molecule has 0 heterocycles. The summed E-state index contributed by atoms with van der Waals surface area (Å²) in [5.41, 5.74) is 2.38. The molecule has 0 aliphatic heterocycles. The zero-order valence-corrected chi connectivity index (χ0v) is 17.2. The Bertz CT molecular complexity index is 533. The number of nitrogens with zero attached hydrogens (tertiary/aromatic N) is 1. The number of halogens is 1. The quantitative estimate of drug-likeness (QED) is 0.409. The predicted molar refractivity (Wildman–Crippen MR) is 108 cm³/mol. The summed E-state index contributed by atoms with van der Waals surface area (Å²) in [6.45, 7) is 9.31. The van der Waals surface area contributed by atoms with E-state index in [1.54, 1.807) is 0 Å². The molecular formula is C18H30IN3O. The zero-order chi connectivity index (χ0) is 16.1. The van der Waals surface area contributed by atoms with Gasteiger partial charge in [-0.05, 0) is 44.2 Å². The SMILES string of the molecule is CCC(C)Oc1cc(C)ccc1CNC(=NC)NC1CC1C.I. The lowest BCUT2D eigenvalue weighted by atomic mass is 10.1. The second-order valence-corrected chi connectivity index (χ2v) is 6.34. The molecule has 1 fully saturated rings. The third-order valence-corrected chi connectivity index (χ3v) is 4.23. The fourth-order valence-corrected chi connectivity index (χ4v) is 2.29. The highest BCUT2D eigenvalue weighted by Gasteiger charge is 2.33. The Labute approximate surface area is 157 Å². The Hall–Kier alpha value is -0.980. The van der Waals surface area contributed by atoms with Gasteiger partial charge < -0.3 is 15.4 Å². The number of rotatable bonds is 6. The van der Waals surface area contributed by atoms with Crippen LogP contribution in [-0.4, -0.2) is 25.2 Å². The Balaban J connectivity index is 0.00000264. The molecule has 0 amide bonds. The highest BCUT2D eigenvalue weighted by atomic mass is 127. The summed E-state index contributed by atoms with van der Waals surface area (Å²) in [5.74, 6) is 2.59. The van der Waals surface area contributed by atoms with Crippen LogP contribution in [0.5, 0.6) is 5.75 Å². The van der Waals surface area contributed by atoms with Gasteiger partial charge in [-0.15, -0.1) is 24.0 Å². The van der Waals surface area contributed by atoms with E-state index < -0.39 is 0 Å². The molecule has 0 saturated heterocycles. The molecule has 23 heavy (non-hydrogen) atoms. The van der Waals surface area contributed by atoms with E-state index in [0.29, 0.717) is 12.6 Å². The number of benzene rings is 1. The highest BCUT2D eigenvalue weighted by molar-refractivity contribution is 14.0. The molecule has 1 aromatic carbocycles. The summed E-state index contributed by atoms with van der Waals surface area (Å²) >= 11 is 0. The second-order valence-electron chi connectivity index (χ2n) is 6.34. The number of aryl methyl sites for hydroxylation is 1. The average Bonchev–Trinajstić information content (AvgIpc) is 3.20. The molecule has 2 N–H and O–H groups in total. The normalized spacial score (nSPS) is 21.2. The van der Waals surface area contributed by atoms with E-state index in [-0.39, 0.29) is 30.1 Å². The molecular weight excluding hydrogens is 401 g/mol. The Kier molecular flexibility index (Phi) is 8.16. The number of hydrogen-bond donors (Lipinski definition) is 2. The summed E-state index contributed by atoms with van der Waals surface area (Å²) in [5, 5.41) is 6.83. The minimum atomic E-state index is 0. The lowest BCUT2D eigenvalue weighted by Crippen LogP contribution is -2.38. The molecule has 1 aliphatic rings. The first-order valence-electron chi connectivity index (χ1n) is 8.26. The van der Waals surface area contributed by atoms with Gasteiger partial charge in [0.15, 0.2) is 5.96 Å². The highest BCUT2D eigenvalue weighted by Crippen LogP contribution is 2.28. The van der Waals surface area contributed by atoms with Crippen molar-refractivity contribution in [2.45, 2.75) is 59.2 Å². The number of hydrogen-bond acceptors (Lipinski definition) is 2. The molecule has 1 aliphatic carbocycles. The number of ether oxygens (including phenoxy) is 1. The van der Waals surface area contributed by atoms with Crippen molar-refractivity contribution in [3.05, 3.63) is 29.3 Å². The molecule has 1 aromatic rings. The van der Waals surface area contributed by atoms with Gasteiger partial charge >= 0.3 is 0 Å². The van der Waals surface area contributed by atoms with Crippen LogP contribution >= 0.6 is 24.0 Å². The van der Waals surface area contributed by atoms with Gasteiger partial charge in [-0.3, -0.25) is 4.99 Å². The van der Waals surface area contributed by atoms with E-state index in [0.717, 1.165) is 29.6 Å². The largest absolute Gasteiger partial charge is 0.490 e. The minimum absolute atomic E-state index is 0. The maximum Gasteiger partial charge on any atom is 0.191 e. The molecule has 0 aromatic heterocycles. The third kappa shape index (κ3) is 6.20. The first-order valence-corrected chi connectivity index (χ1v) is 8.26. The van der Waals surface area contributed by atoms with E-state index in [2.05, 4.69) is 61.5 Å². The zero-order valence-electron chi connectivity index (χ0n) is 14.8. The number of nitrogens with one attached hydrogen (secondary N) is 2. The summed E-state index contributed by atoms with van der Waals surface area (Å²) in [4.78, 5) is 4.30. The molecule has 1 saturated carbocycles. The number of aliphatic imine (C=N–C) groups is 1. The lowest BCUT2D eigenvalue weighted by Gasteiger charge is -2.18. The van der Waals surface area contributed by atoms with Crippen LogP contribution in [0.4, 0.5) is 0 Å². The van der Waals surface area contributed by atoms with Crippen LogP contribution in [-0.2, 0) is 6.54 Å². The molecule has 130 valence electrons. The fraction of sp³-hybridized carbons (Fsp3) is 0.611. The average molecular weight is 431 g/mol. The number of guanidine groups is 1. The maximum absolute atomic E-state index is 6.05. The molecule has 5 heteroatoms. The monoisotopic (exact) mass is 431 g/mol. The maximum atomic E-state index is 6.05. The van der Waals surface area contributed by atoms with Crippen molar-refractivity contribution in [3.8, 4) is 5.75 Å². The minimum Gasteiger partial charge on any atom is -0.490 e. The molecule has 3 unspecified atom stereocenters. The van der Waals surface area contributed by atoms with Crippen LogP contribution < -0.4 is 15.4 Å². The first-order chi connectivity index (χ1) is 10.5. The van der Waals surface area contributed by atoms with Crippen molar-refractivity contribution < 1.29 is 4.74 Å². The van der Waals surface area contributed by atoms with E-state index in [1.165, 1.54) is 12.0 Å². The molecule has 2 rings (SSSR count). The van der Waals surface area contributed by atoms with E-state index >= 15 is 0 Å². The Morgan fingerprint density at radius 3 is 2.70 bits per heavy atom. The predicted octanol–water partition coefficient (Wildman–Crippen LogP) is 3.86. The summed E-state index contributed by atoms with van der Waals surface area (Å²) in [6, 6.07) is 6.94. The van der Waals surface area contributed by atoms with Crippen molar-refractivity contribution in [3.63, 3.8) is 0 Å². The van der Waals surface area contributed by atoms with Crippen LogP contribution in [0.3, 0.4) is 0 Å². The van der Waals surface area contributed by atoms with Crippen LogP contribution in [0.25, 0.3) is 0 Å². The molecule has 0 radical (unpaired) electrons. The van der Waals surface area contributed by atoms with E-state index in [9.17, 15) is 0 Å². The Morgan fingerprint density at radius 2 is 2.13 bits per heavy atom. The van der Waals surface area contributed by atoms with Gasteiger partial charge in [0.25, 0.3) is 0 Å². The van der Waals surface area contributed by atoms with Crippen molar-refractivity contribution in [2.24, 2.45) is 10.9 Å². The van der Waals surface area contributed by atoms with Gasteiger partial charge in [0.05, 0.1) is 6.10 Å². The van der Waals surface area contributed by atoms with Gasteiger partial charge in [-0.1, -0.05) is 26.0 Å². The van der Waals surface area contributed by atoms with Gasteiger partial charge in [-0.25, -0.2) is 0 Å². The van der Waals surface area contributed by atoms with Crippen molar-refractivity contribution >= 4 is 29.9 Å². The standard InChI is InChI=1S/C18H29N3O.HI/c1-6-14(4)22-17-9-12(2)7-8-15(17)11-20-18(19-5)21-16-10-13(16)3;/h7-9,13-14,16H,6,10-11H2,1-5H3,(H2,19,20,21);1H. The van der Waals surface area contributed by atoms with Crippen LogP contribution in [0.15, 0.2) is 23.2 Å². The summed E-state index contributed by atoms with van der Waals surface area (Å²) in [6.07, 6.45) is 2.46. The topological polar surface area (TPSA) is 45.6 Å². The molecule has 0 spiro atoms. The van der Waals surface area contributed by atoms with Crippen LogP contribution in [0.2, 0.25) is 0 Å².